The Hall–Kier alpha value is -2.38. The molecule has 0 aromatic heterocycles. The van der Waals surface area contributed by atoms with Gasteiger partial charge in [0, 0.05) is 30.4 Å². The number of likely N-dealkylation sites (N-methyl/N-ethyl adjacent to an activating group) is 2. The van der Waals surface area contributed by atoms with Gasteiger partial charge in [-0.25, -0.2) is 0 Å². The van der Waals surface area contributed by atoms with Gasteiger partial charge in [-0.2, -0.15) is 0 Å². The van der Waals surface area contributed by atoms with Crippen LogP contribution in [0.25, 0.3) is 0 Å². The maximum Gasteiger partial charge on any atom is 0.122 e. The van der Waals surface area contributed by atoms with Crippen LogP contribution in [0.4, 0.5) is 0 Å². The minimum atomic E-state index is -0.966. The van der Waals surface area contributed by atoms with Crippen molar-refractivity contribution in [3.05, 3.63) is 75.5 Å². The van der Waals surface area contributed by atoms with Crippen LogP contribution in [0.5, 0.6) is 11.5 Å². The van der Waals surface area contributed by atoms with Gasteiger partial charge in [0.15, 0.2) is 0 Å². The second kappa shape index (κ2) is 12.2. The van der Waals surface area contributed by atoms with Crippen molar-refractivity contribution < 1.29 is 19.2 Å². The third-order valence-corrected chi connectivity index (χ3v) is 7.78. The topological polar surface area (TPSA) is 65.0 Å². The minimum absolute atomic E-state index is 0.0601. The summed E-state index contributed by atoms with van der Waals surface area (Å²) in [5.41, 5.74) is 4.89. The zero-order valence-electron chi connectivity index (χ0n) is 24.9. The van der Waals surface area contributed by atoms with Gasteiger partial charge in [-0.1, -0.05) is 35.9 Å². The van der Waals surface area contributed by atoms with E-state index in [1.54, 1.807) is 28.3 Å². The standard InChI is InChI=1S/C32H48N2O4/c1-22-18-27(25-20-23(14-16-33(4)5)10-12-29(25)37-8)31(32(2,3)35)28(19-22)26-21-24(11-13-30(26)38-9)15-17-34(6,7)36/h10-13,19-21,27-28,31,35H,14-18H2,1-9H3/t27?,28-,31-/m0/s1. The van der Waals surface area contributed by atoms with Crippen LogP contribution in [0.2, 0.25) is 0 Å². The van der Waals surface area contributed by atoms with Crippen LogP contribution < -0.4 is 9.47 Å². The fourth-order valence-electron chi connectivity index (χ4n) is 5.90. The van der Waals surface area contributed by atoms with Crippen LogP contribution in [0, 0.1) is 11.1 Å². The Bertz CT molecular complexity index is 1110. The number of quaternary nitrogens is 1. The van der Waals surface area contributed by atoms with E-state index in [-0.39, 0.29) is 22.4 Å². The van der Waals surface area contributed by atoms with Crippen LogP contribution in [0.15, 0.2) is 48.0 Å². The predicted octanol–water partition coefficient (Wildman–Crippen LogP) is 5.53. The lowest BCUT2D eigenvalue weighted by Crippen LogP contribution is -2.41. The first-order valence-corrected chi connectivity index (χ1v) is 13.7. The molecule has 1 aliphatic carbocycles. The summed E-state index contributed by atoms with van der Waals surface area (Å²) in [6.45, 7) is 7.48. The molecule has 1 N–H and O–H groups in total. The molecule has 0 bridgehead atoms. The Balaban J connectivity index is 2.13. The molecule has 0 saturated heterocycles. The van der Waals surface area contributed by atoms with Crippen LogP contribution in [-0.4, -0.2) is 75.8 Å². The van der Waals surface area contributed by atoms with Crippen molar-refractivity contribution in [2.45, 2.75) is 57.5 Å². The van der Waals surface area contributed by atoms with Crippen molar-refractivity contribution in [3.8, 4) is 11.5 Å². The van der Waals surface area contributed by atoms with Gasteiger partial charge in [0.25, 0.3) is 0 Å². The number of allylic oxidation sites excluding steroid dienone is 2. The summed E-state index contributed by atoms with van der Waals surface area (Å²) in [4.78, 5) is 2.19. The van der Waals surface area contributed by atoms with Gasteiger partial charge in [0.2, 0.25) is 0 Å². The van der Waals surface area contributed by atoms with E-state index in [9.17, 15) is 10.3 Å². The predicted molar refractivity (Wildman–Crippen MR) is 156 cm³/mol. The second-order valence-corrected chi connectivity index (χ2v) is 12.3. The third-order valence-electron chi connectivity index (χ3n) is 7.78. The van der Waals surface area contributed by atoms with E-state index < -0.39 is 5.60 Å². The molecular formula is C32H48N2O4. The molecule has 2 aromatic rings. The number of methoxy groups -OCH3 is 2. The number of benzene rings is 2. The van der Waals surface area contributed by atoms with Crippen LogP contribution >= 0.6 is 0 Å². The molecule has 6 nitrogen and oxygen atoms in total. The molecular weight excluding hydrogens is 476 g/mol. The molecule has 0 spiro atoms. The summed E-state index contributed by atoms with van der Waals surface area (Å²) in [5, 5.41) is 23.9. The van der Waals surface area contributed by atoms with Crippen molar-refractivity contribution in [2.24, 2.45) is 5.92 Å². The first-order chi connectivity index (χ1) is 17.7. The van der Waals surface area contributed by atoms with E-state index in [1.807, 2.05) is 26.0 Å². The first kappa shape index (κ1) is 30.2. The number of ether oxygens (including phenoxy) is 2. The highest BCUT2D eigenvalue weighted by molar-refractivity contribution is 5.48. The average molecular weight is 525 g/mol. The molecule has 1 unspecified atom stereocenters. The molecule has 1 aliphatic rings. The first-order valence-electron chi connectivity index (χ1n) is 13.7. The molecule has 3 atom stereocenters. The summed E-state index contributed by atoms with van der Waals surface area (Å²) in [6, 6.07) is 12.7. The Morgan fingerprint density at radius 2 is 1.53 bits per heavy atom. The zero-order valence-corrected chi connectivity index (χ0v) is 24.9. The Morgan fingerprint density at radius 1 is 0.974 bits per heavy atom. The summed E-state index contributed by atoms with van der Waals surface area (Å²) in [7, 11) is 11.0. The molecule has 6 heteroatoms. The molecule has 2 aromatic carbocycles. The van der Waals surface area contributed by atoms with E-state index in [4.69, 9.17) is 9.47 Å². The lowest BCUT2D eigenvalue weighted by Gasteiger charge is -2.44. The quantitative estimate of drug-likeness (QED) is 0.238. The lowest BCUT2D eigenvalue weighted by atomic mass is 9.62. The van der Waals surface area contributed by atoms with Crippen LogP contribution in [-0.2, 0) is 12.8 Å². The fourth-order valence-corrected chi connectivity index (χ4v) is 5.90. The number of hydrogen-bond donors (Lipinski definition) is 1. The van der Waals surface area contributed by atoms with E-state index in [0.717, 1.165) is 47.6 Å². The smallest absolute Gasteiger partial charge is 0.122 e. The highest BCUT2D eigenvalue weighted by Gasteiger charge is 2.44. The van der Waals surface area contributed by atoms with E-state index in [0.29, 0.717) is 13.0 Å². The Labute approximate surface area is 230 Å². The molecule has 3 rings (SSSR count). The SMILES string of the molecule is COc1ccc(CCN(C)C)cc1C1CC(C)=C[C@@H](c2cc(CC[N+](C)(C)[O-])ccc2OC)[C@H]1C(C)(C)O. The molecule has 0 fully saturated rings. The maximum absolute atomic E-state index is 12.2. The van der Waals surface area contributed by atoms with E-state index in [1.165, 1.54) is 11.1 Å². The van der Waals surface area contributed by atoms with Crippen molar-refractivity contribution >= 4 is 0 Å². The molecule has 0 amide bonds. The van der Waals surface area contributed by atoms with Crippen molar-refractivity contribution in [1.82, 2.24) is 4.90 Å². The van der Waals surface area contributed by atoms with Crippen molar-refractivity contribution in [2.75, 3.05) is 55.5 Å². The summed E-state index contributed by atoms with van der Waals surface area (Å²) >= 11 is 0. The van der Waals surface area contributed by atoms with Crippen molar-refractivity contribution in [1.29, 1.82) is 0 Å². The third kappa shape index (κ3) is 7.60. The average Bonchev–Trinajstić information content (AvgIpc) is 2.84. The van der Waals surface area contributed by atoms with Crippen LogP contribution in [0.1, 0.15) is 61.3 Å². The lowest BCUT2D eigenvalue weighted by molar-refractivity contribution is -0.839. The molecule has 0 radical (unpaired) electrons. The van der Waals surface area contributed by atoms with Gasteiger partial charge in [-0.15, -0.1) is 0 Å². The normalized spacial score (nSPS) is 20.4. The maximum atomic E-state index is 12.2. The molecule has 38 heavy (non-hydrogen) atoms. The number of hydroxylamine groups is 3. The van der Waals surface area contributed by atoms with Gasteiger partial charge in [-0.3, -0.25) is 0 Å². The Morgan fingerprint density at radius 3 is 2.05 bits per heavy atom. The molecule has 210 valence electrons. The zero-order chi connectivity index (χ0) is 28.3. The van der Waals surface area contributed by atoms with Crippen molar-refractivity contribution in [3.63, 3.8) is 0 Å². The van der Waals surface area contributed by atoms with Gasteiger partial charge < -0.3 is 29.3 Å². The Kier molecular flexibility index (Phi) is 9.69. The van der Waals surface area contributed by atoms with Crippen LogP contribution in [0.3, 0.4) is 0 Å². The van der Waals surface area contributed by atoms with E-state index in [2.05, 4.69) is 56.3 Å². The minimum Gasteiger partial charge on any atom is -0.633 e. The van der Waals surface area contributed by atoms with Gasteiger partial charge in [-0.05, 0) is 82.4 Å². The summed E-state index contributed by atoms with van der Waals surface area (Å²) in [6.07, 6.45) is 4.78. The molecule has 0 aliphatic heterocycles. The molecule has 0 heterocycles. The van der Waals surface area contributed by atoms with Gasteiger partial charge in [0.1, 0.15) is 11.5 Å². The number of aliphatic hydroxyl groups is 1. The highest BCUT2D eigenvalue weighted by Crippen LogP contribution is 2.53. The monoisotopic (exact) mass is 524 g/mol. The summed E-state index contributed by atoms with van der Waals surface area (Å²) < 4.78 is 11.4. The highest BCUT2D eigenvalue weighted by atomic mass is 16.5. The number of nitrogens with zero attached hydrogens (tertiary/aromatic N) is 2. The number of hydrogen-bond acceptors (Lipinski definition) is 5. The molecule has 0 saturated carbocycles. The largest absolute Gasteiger partial charge is 0.633 e. The number of rotatable bonds is 11. The summed E-state index contributed by atoms with van der Waals surface area (Å²) in [5.74, 6) is 1.56. The van der Waals surface area contributed by atoms with E-state index >= 15 is 0 Å². The fraction of sp³-hybridized carbons (Fsp3) is 0.562. The van der Waals surface area contributed by atoms with Gasteiger partial charge in [0.05, 0.1) is 40.5 Å². The second-order valence-electron chi connectivity index (χ2n) is 12.3. The van der Waals surface area contributed by atoms with Gasteiger partial charge >= 0.3 is 0 Å².